The van der Waals surface area contributed by atoms with Crippen molar-refractivity contribution >= 4 is 46.8 Å². The van der Waals surface area contributed by atoms with Crippen LogP contribution in [0.15, 0.2) is 52.3 Å². The van der Waals surface area contributed by atoms with Gasteiger partial charge < -0.3 is 23.8 Å². The molecule has 0 unspecified atom stereocenters. The first-order valence-corrected chi connectivity index (χ1v) is 14.2. The molecule has 1 heterocycles. The maximum atomic E-state index is 14.1. The Kier molecular flexibility index (Phi) is 8.79. The number of ether oxygens (including phenoxy) is 2. The molecular formula is C24H24BrF2N2O7PS. The van der Waals surface area contributed by atoms with Crippen LogP contribution in [-0.4, -0.2) is 33.1 Å². The number of alkyl halides is 2. The van der Waals surface area contributed by atoms with E-state index in [0.29, 0.717) is 16.8 Å². The van der Waals surface area contributed by atoms with E-state index in [9.17, 15) is 22.9 Å². The van der Waals surface area contributed by atoms with Gasteiger partial charge in [-0.15, -0.1) is 11.3 Å². The summed E-state index contributed by atoms with van der Waals surface area (Å²) in [6.45, 7) is 4.62. The number of hydrogen-bond donors (Lipinski definition) is 3. The van der Waals surface area contributed by atoms with Gasteiger partial charge in [0.15, 0.2) is 4.80 Å². The van der Waals surface area contributed by atoms with Gasteiger partial charge in [0.05, 0.1) is 23.2 Å². The van der Waals surface area contributed by atoms with Gasteiger partial charge in [-0.2, -0.15) is 8.78 Å². The van der Waals surface area contributed by atoms with Crippen molar-refractivity contribution in [2.24, 2.45) is 5.41 Å². The van der Waals surface area contributed by atoms with Crippen molar-refractivity contribution < 1.29 is 42.2 Å². The molecule has 0 atom stereocenters. The Morgan fingerprint density at radius 2 is 1.74 bits per heavy atom. The van der Waals surface area contributed by atoms with Gasteiger partial charge in [0.25, 0.3) is 0 Å². The molecule has 14 heteroatoms. The van der Waals surface area contributed by atoms with Crippen LogP contribution in [-0.2, 0) is 31.0 Å². The molecule has 3 rings (SSSR count). The molecule has 204 valence electrons. The number of esters is 2. The van der Waals surface area contributed by atoms with E-state index >= 15 is 0 Å². The van der Waals surface area contributed by atoms with Gasteiger partial charge in [-0.25, -0.2) is 4.79 Å². The highest BCUT2D eigenvalue weighted by Gasteiger charge is 2.51. The van der Waals surface area contributed by atoms with Gasteiger partial charge in [0.1, 0.15) is 0 Å². The Balaban J connectivity index is 1.76. The molecule has 0 saturated carbocycles. The first-order valence-electron chi connectivity index (χ1n) is 10.9. The molecular weight excluding hydrogens is 609 g/mol. The number of nitrogens with zero attached hydrogens (tertiary/aromatic N) is 1. The van der Waals surface area contributed by atoms with Crippen LogP contribution >= 0.6 is 34.9 Å². The summed E-state index contributed by atoms with van der Waals surface area (Å²) in [6, 6.07) is 9.90. The molecule has 0 aliphatic carbocycles. The molecule has 3 aromatic rings. The van der Waals surface area contributed by atoms with Crippen LogP contribution in [0, 0.1) is 10.8 Å². The van der Waals surface area contributed by atoms with Crippen molar-refractivity contribution in [1.82, 2.24) is 4.57 Å². The number of hydrogen-bond acceptors (Lipinski definition) is 7. The minimum absolute atomic E-state index is 0.112. The number of carbonyl (C=O) groups is 2. The highest BCUT2D eigenvalue weighted by atomic mass is 79.9. The molecule has 0 amide bonds. The van der Waals surface area contributed by atoms with Crippen molar-refractivity contribution in [1.29, 1.82) is 5.41 Å². The van der Waals surface area contributed by atoms with Gasteiger partial charge in [-0.3, -0.25) is 14.8 Å². The molecule has 0 fully saturated rings. The fourth-order valence-corrected chi connectivity index (χ4v) is 5.30. The zero-order valence-corrected chi connectivity index (χ0v) is 23.7. The molecule has 1 aromatic heterocycles. The quantitative estimate of drug-likeness (QED) is 0.171. The summed E-state index contributed by atoms with van der Waals surface area (Å²) >= 11 is 4.11. The Hall–Kier alpha value is -2.70. The molecule has 0 spiro atoms. The first kappa shape index (κ1) is 29.9. The average molecular weight is 633 g/mol. The summed E-state index contributed by atoms with van der Waals surface area (Å²) in [5.41, 5.74) is -3.91. The van der Waals surface area contributed by atoms with Gasteiger partial charge >= 0.3 is 25.2 Å². The van der Waals surface area contributed by atoms with Crippen molar-refractivity contribution in [3.05, 3.63) is 73.8 Å². The smallest absolute Gasteiger partial charge is 0.399 e. The fraction of sp³-hybridized carbons (Fsp3) is 0.292. The Morgan fingerprint density at radius 1 is 1.11 bits per heavy atom. The number of halogens is 3. The number of carbonyl (C=O) groups excluding carboxylic acids is 2. The Bertz CT molecular complexity index is 1460. The summed E-state index contributed by atoms with van der Waals surface area (Å²) in [7, 11) is -5.73. The number of aromatic nitrogens is 1. The third kappa shape index (κ3) is 6.65. The van der Waals surface area contributed by atoms with Crippen molar-refractivity contribution in [2.75, 3.05) is 6.79 Å². The summed E-state index contributed by atoms with van der Waals surface area (Å²) in [6.07, 6.45) is 0. The van der Waals surface area contributed by atoms with E-state index in [2.05, 4.69) is 15.9 Å². The van der Waals surface area contributed by atoms with Crippen LogP contribution in [0.25, 0.3) is 11.3 Å². The molecule has 9 nitrogen and oxygen atoms in total. The first-order chi connectivity index (χ1) is 17.5. The second-order valence-corrected chi connectivity index (χ2v) is 12.6. The van der Waals surface area contributed by atoms with E-state index in [-0.39, 0.29) is 21.4 Å². The Morgan fingerprint density at radius 3 is 2.29 bits per heavy atom. The highest BCUT2D eigenvalue weighted by Crippen LogP contribution is 2.60. The minimum atomic E-state index is -5.73. The third-order valence-electron chi connectivity index (χ3n) is 5.29. The average Bonchev–Trinajstić information content (AvgIpc) is 3.17. The number of thiazole rings is 1. The van der Waals surface area contributed by atoms with Gasteiger partial charge in [0.2, 0.25) is 6.79 Å². The molecule has 2 aromatic carbocycles. The van der Waals surface area contributed by atoms with E-state index in [1.165, 1.54) is 24.3 Å². The molecule has 3 N–H and O–H groups in total. The zero-order chi connectivity index (χ0) is 28.5. The second kappa shape index (κ2) is 11.2. The highest BCUT2D eigenvalue weighted by molar-refractivity contribution is 9.10. The normalized spacial score (nSPS) is 12.3. The van der Waals surface area contributed by atoms with Crippen LogP contribution in [0.1, 0.15) is 42.3 Å². The molecule has 0 saturated heterocycles. The third-order valence-corrected chi connectivity index (χ3v) is 7.70. The lowest BCUT2D eigenvalue weighted by Crippen LogP contribution is -2.24. The van der Waals surface area contributed by atoms with Crippen LogP contribution in [0.4, 0.5) is 8.78 Å². The van der Waals surface area contributed by atoms with Gasteiger partial charge in [0, 0.05) is 15.4 Å². The molecule has 0 bridgehead atoms. The topological polar surface area (TPSA) is 139 Å². The Labute approximate surface area is 228 Å². The van der Waals surface area contributed by atoms with E-state index in [1.54, 1.807) is 42.9 Å². The summed E-state index contributed by atoms with van der Waals surface area (Å²) in [5.74, 6) is -1.19. The predicted octanol–water partition coefficient (Wildman–Crippen LogP) is 5.44. The van der Waals surface area contributed by atoms with Crippen LogP contribution in [0.3, 0.4) is 0 Å². The lowest BCUT2D eigenvalue weighted by atomic mass is 9.98. The van der Waals surface area contributed by atoms with Crippen LogP contribution in [0.2, 0.25) is 0 Å². The van der Waals surface area contributed by atoms with E-state index in [0.717, 1.165) is 17.4 Å². The fourth-order valence-electron chi connectivity index (χ4n) is 3.18. The summed E-state index contributed by atoms with van der Waals surface area (Å²) in [4.78, 5) is 42.2. The van der Waals surface area contributed by atoms with Gasteiger partial charge in [-0.05, 0) is 50.1 Å². The minimum Gasteiger partial charge on any atom is -0.427 e. The van der Waals surface area contributed by atoms with Crippen LogP contribution in [0.5, 0.6) is 0 Å². The summed E-state index contributed by atoms with van der Waals surface area (Å²) in [5, 5.41) is 9.99. The van der Waals surface area contributed by atoms with Gasteiger partial charge in [-0.1, -0.05) is 40.2 Å². The lowest BCUT2D eigenvalue weighted by Gasteiger charge is -2.20. The number of nitrogens with one attached hydrogen (secondary N) is 1. The molecule has 0 aliphatic rings. The largest absolute Gasteiger partial charge is 0.427 e. The van der Waals surface area contributed by atoms with Crippen molar-refractivity contribution in [3.8, 4) is 11.3 Å². The number of benzene rings is 2. The van der Waals surface area contributed by atoms with Crippen LogP contribution < -0.4 is 4.80 Å². The maximum Gasteiger partial charge on any atom is 0.399 e. The SMILES string of the molecule is CC(C)(C)C(=O)OCOC(=O)c1ccc(-c2csc(=N)n2Cc2ccc(C(F)(F)P(=O)(O)O)c(Br)c2)cc1. The molecule has 38 heavy (non-hydrogen) atoms. The second-order valence-electron chi connectivity index (χ2n) is 9.22. The maximum absolute atomic E-state index is 14.1. The zero-order valence-electron chi connectivity index (χ0n) is 20.4. The van der Waals surface area contributed by atoms with E-state index < -0.39 is 43.0 Å². The monoisotopic (exact) mass is 632 g/mol. The van der Waals surface area contributed by atoms with E-state index in [4.69, 9.17) is 24.7 Å². The van der Waals surface area contributed by atoms with Crippen molar-refractivity contribution in [3.63, 3.8) is 0 Å². The van der Waals surface area contributed by atoms with Crippen molar-refractivity contribution in [2.45, 2.75) is 33.0 Å². The number of rotatable bonds is 8. The lowest BCUT2D eigenvalue weighted by molar-refractivity contribution is -0.161. The standard InChI is InChI=1S/C24H24BrF2N2O7PS/c1-23(2,3)21(31)36-13-35-20(30)16-7-5-15(6-8-16)19-12-38-22(28)29(19)11-14-4-9-17(18(25)10-14)24(26,27)37(32,33)34/h4-10,12,28H,11,13H2,1-3H3,(H2,32,33,34). The molecule has 0 aliphatic heterocycles. The summed E-state index contributed by atoms with van der Waals surface area (Å²) < 4.78 is 50.9. The molecule has 0 radical (unpaired) electrons. The van der Waals surface area contributed by atoms with E-state index in [1.807, 2.05) is 0 Å². The predicted molar refractivity (Wildman–Crippen MR) is 139 cm³/mol.